The molecule has 0 aromatic heterocycles. The van der Waals surface area contributed by atoms with Crippen LogP contribution in [0.2, 0.25) is 0 Å². The first kappa shape index (κ1) is 17.3. The fourth-order valence-corrected chi connectivity index (χ4v) is 2.11. The van der Waals surface area contributed by atoms with Crippen molar-refractivity contribution in [3.05, 3.63) is 27.8 Å². The van der Waals surface area contributed by atoms with Crippen LogP contribution < -0.4 is 0 Å². The second-order valence-corrected chi connectivity index (χ2v) is 4.71. The van der Waals surface area contributed by atoms with Crippen molar-refractivity contribution >= 4 is 5.97 Å². The van der Waals surface area contributed by atoms with Gasteiger partial charge in [-0.3, -0.25) is 0 Å². The molecule has 118 valence electrons. The Morgan fingerprint density at radius 3 is 2.19 bits per heavy atom. The van der Waals surface area contributed by atoms with Crippen LogP contribution in [0.1, 0.15) is 32.6 Å². The summed E-state index contributed by atoms with van der Waals surface area (Å²) < 4.78 is 47.3. The number of ether oxygens (including phenoxy) is 2. The lowest BCUT2D eigenvalue weighted by molar-refractivity contribution is -0.127. The van der Waals surface area contributed by atoms with Crippen LogP contribution in [0.4, 0.5) is 13.2 Å². The van der Waals surface area contributed by atoms with Crippen molar-refractivity contribution in [3.63, 3.8) is 0 Å². The highest BCUT2D eigenvalue weighted by molar-refractivity contribution is 5.94. The number of carbonyl (C=O) groups is 1. The van der Waals surface area contributed by atoms with E-state index in [0.29, 0.717) is 5.56 Å². The number of halogens is 3. The lowest BCUT2D eigenvalue weighted by Crippen LogP contribution is -2.17. The summed E-state index contributed by atoms with van der Waals surface area (Å²) in [5.41, 5.74) is 0.395. The Labute approximate surface area is 120 Å². The Morgan fingerprint density at radius 2 is 1.71 bits per heavy atom. The molecule has 0 radical (unpaired) electrons. The molecule has 0 aliphatic rings. The highest BCUT2D eigenvalue weighted by Gasteiger charge is 2.32. The van der Waals surface area contributed by atoms with Crippen LogP contribution in [0.5, 0.6) is 5.75 Å². The largest absolute Gasteiger partial charge is 0.507 e. The maximum absolute atomic E-state index is 12.6. The number of carbonyl (C=O) groups excluding carboxylic acids is 1. The molecular weight excluding hydrogens is 289 g/mol. The van der Waals surface area contributed by atoms with E-state index in [1.54, 1.807) is 6.92 Å². The molecule has 1 rings (SSSR count). The average Bonchev–Trinajstić information content (AvgIpc) is 2.38. The van der Waals surface area contributed by atoms with E-state index < -0.39 is 24.3 Å². The van der Waals surface area contributed by atoms with E-state index in [4.69, 9.17) is 4.74 Å². The number of hydrogen-bond acceptors (Lipinski definition) is 4. The van der Waals surface area contributed by atoms with Crippen molar-refractivity contribution in [2.45, 2.75) is 33.4 Å². The Bertz CT molecular complexity index is 550. The van der Waals surface area contributed by atoms with Crippen LogP contribution in [0.15, 0.2) is 0 Å². The normalized spacial score (nSPS) is 11.6. The van der Waals surface area contributed by atoms with E-state index in [9.17, 15) is 23.1 Å². The van der Waals surface area contributed by atoms with E-state index in [0.717, 1.165) is 0 Å². The molecule has 1 aromatic carbocycles. The molecule has 0 saturated carbocycles. The van der Waals surface area contributed by atoms with Crippen molar-refractivity contribution < 1.29 is 32.5 Å². The summed E-state index contributed by atoms with van der Waals surface area (Å²) in [6, 6.07) is 0. The van der Waals surface area contributed by atoms with Crippen LogP contribution in [0.25, 0.3) is 0 Å². The van der Waals surface area contributed by atoms with Crippen molar-refractivity contribution in [1.29, 1.82) is 0 Å². The second kappa shape index (κ2) is 6.34. The third-order valence-corrected chi connectivity index (χ3v) is 3.30. The standard InChI is InChI=1S/C14H17F3O4/c1-7-8(2)12(18)10(5-14(15,16)17)9(3)11(7)13(19)21-6-20-4/h18H,5-6H2,1-4H3. The Morgan fingerprint density at radius 1 is 1.14 bits per heavy atom. The SMILES string of the molecule is COCOC(=O)c1c(C)c(C)c(O)c(CC(F)(F)F)c1C. The third kappa shape index (κ3) is 3.87. The van der Waals surface area contributed by atoms with Gasteiger partial charge in [-0.25, -0.2) is 4.79 Å². The van der Waals surface area contributed by atoms with E-state index in [-0.39, 0.29) is 29.0 Å². The Kier molecular flexibility index (Phi) is 5.22. The average molecular weight is 306 g/mol. The molecule has 21 heavy (non-hydrogen) atoms. The minimum Gasteiger partial charge on any atom is -0.507 e. The lowest BCUT2D eigenvalue weighted by Gasteiger charge is -2.19. The van der Waals surface area contributed by atoms with Gasteiger partial charge in [-0.05, 0) is 37.5 Å². The van der Waals surface area contributed by atoms with Crippen molar-refractivity contribution in [2.24, 2.45) is 0 Å². The van der Waals surface area contributed by atoms with Crippen molar-refractivity contribution in [3.8, 4) is 5.75 Å². The maximum atomic E-state index is 12.6. The van der Waals surface area contributed by atoms with Gasteiger partial charge in [0.1, 0.15) is 5.75 Å². The molecule has 0 atom stereocenters. The Balaban J connectivity index is 3.41. The molecule has 4 nitrogen and oxygen atoms in total. The van der Waals surface area contributed by atoms with Crippen LogP contribution in [0, 0.1) is 20.8 Å². The van der Waals surface area contributed by atoms with E-state index >= 15 is 0 Å². The smallest absolute Gasteiger partial charge is 0.393 e. The molecule has 0 fully saturated rings. The summed E-state index contributed by atoms with van der Waals surface area (Å²) in [6.07, 6.45) is -5.80. The topological polar surface area (TPSA) is 55.8 Å². The fraction of sp³-hybridized carbons (Fsp3) is 0.500. The summed E-state index contributed by atoms with van der Waals surface area (Å²) in [4.78, 5) is 12.0. The summed E-state index contributed by atoms with van der Waals surface area (Å²) in [7, 11) is 1.32. The van der Waals surface area contributed by atoms with Crippen LogP contribution in [-0.2, 0) is 15.9 Å². The zero-order chi connectivity index (χ0) is 16.4. The fourth-order valence-electron chi connectivity index (χ4n) is 2.11. The molecule has 0 bridgehead atoms. The van der Waals surface area contributed by atoms with Gasteiger partial charge in [-0.2, -0.15) is 13.2 Å². The monoisotopic (exact) mass is 306 g/mol. The number of alkyl halides is 3. The quantitative estimate of drug-likeness (QED) is 0.685. The maximum Gasteiger partial charge on any atom is 0.393 e. The predicted molar refractivity (Wildman–Crippen MR) is 69.4 cm³/mol. The molecule has 0 aliphatic carbocycles. The van der Waals surface area contributed by atoms with Gasteiger partial charge in [0.25, 0.3) is 0 Å². The molecule has 0 amide bonds. The lowest BCUT2D eigenvalue weighted by atomic mass is 9.91. The van der Waals surface area contributed by atoms with Crippen LogP contribution >= 0.6 is 0 Å². The highest BCUT2D eigenvalue weighted by Crippen LogP contribution is 2.36. The number of esters is 1. The highest BCUT2D eigenvalue weighted by atomic mass is 19.4. The molecule has 1 N–H and O–H groups in total. The van der Waals surface area contributed by atoms with Gasteiger partial charge in [0.2, 0.25) is 0 Å². The van der Waals surface area contributed by atoms with Gasteiger partial charge in [-0.15, -0.1) is 0 Å². The number of hydrogen-bond donors (Lipinski definition) is 1. The second-order valence-electron chi connectivity index (χ2n) is 4.71. The first-order valence-corrected chi connectivity index (χ1v) is 6.14. The molecule has 0 spiro atoms. The molecule has 7 heteroatoms. The van der Waals surface area contributed by atoms with Crippen molar-refractivity contribution in [2.75, 3.05) is 13.9 Å². The summed E-state index contributed by atoms with van der Waals surface area (Å²) in [6.45, 7) is 4.06. The van der Waals surface area contributed by atoms with Crippen LogP contribution in [0.3, 0.4) is 0 Å². The van der Waals surface area contributed by atoms with Gasteiger partial charge in [0, 0.05) is 12.7 Å². The molecule has 0 unspecified atom stereocenters. The van der Waals surface area contributed by atoms with E-state index in [1.165, 1.54) is 21.0 Å². The van der Waals surface area contributed by atoms with E-state index in [2.05, 4.69) is 4.74 Å². The summed E-state index contributed by atoms with van der Waals surface area (Å²) in [5.74, 6) is -1.22. The molecule has 0 aliphatic heterocycles. The summed E-state index contributed by atoms with van der Waals surface area (Å²) in [5, 5.41) is 9.93. The summed E-state index contributed by atoms with van der Waals surface area (Å²) >= 11 is 0. The van der Waals surface area contributed by atoms with Gasteiger partial charge in [-0.1, -0.05) is 0 Å². The van der Waals surface area contributed by atoms with Gasteiger partial charge in [0.15, 0.2) is 6.79 Å². The Hall–Kier alpha value is -1.76. The number of benzene rings is 1. The number of rotatable bonds is 4. The minimum absolute atomic E-state index is 0.0293. The molecule has 1 aromatic rings. The number of methoxy groups -OCH3 is 1. The first-order chi connectivity index (χ1) is 9.60. The number of aromatic hydroxyl groups is 1. The third-order valence-electron chi connectivity index (χ3n) is 3.30. The van der Waals surface area contributed by atoms with Crippen molar-refractivity contribution in [1.82, 2.24) is 0 Å². The van der Waals surface area contributed by atoms with Gasteiger partial charge in [0.05, 0.1) is 12.0 Å². The van der Waals surface area contributed by atoms with E-state index in [1.807, 2.05) is 0 Å². The van der Waals surface area contributed by atoms with Gasteiger partial charge < -0.3 is 14.6 Å². The first-order valence-electron chi connectivity index (χ1n) is 6.14. The zero-order valence-electron chi connectivity index (χ0n) is 12.2. The number of phenolic OH excluding ortho intramolecular Hbond substituents is 1. The van der Waals surface area contributed by atoms with Crippen LogP contribution in [-0.4, -0.2) is 31.2 Å². The predicted octanol–water partition coefficient (Wildman–Crippen LogP) is 3.18. The minimum atomic E-state index is -4.49. The van der Waals surface area contributed by atoms with Gasteiger partial charge >= 0.3 is 12.1 Å². The molecule has 0 heterocycles. The molecule has 0 saturated heterocycles. The zero-order valence-corrected chi connectivity index (χ0v) is 12.2. The number of phenols is 1. The molecular formula is C14H17F3O4.